The van der Waals surface area contributed by atoms with Crippen LogP contribution in [0.2, 0.25) is 0 Å². The highest BCUT2D eigenvalue weighted by molar-refractivity contribution is 7.15. The predicted molar refractivity (Wildman–Crippen MR) is 130 cm³/mol. The zero-order valence-corrected chi connectivity index (χ0v) is 20.7. The van der Waals surface area contributed by atoms with Gasteiger partial charge in [-0.05, 0) is 40.5 Å². The lowest BCUT2D eigenvalue weighted by Gasteiger charge is -2.32. The molecule has 0 aliphatic carbocycles. The SMILES string of the molecule is CC(=O)c1c(CCC(C)N(C(=O)c2ncn[nH]2)C(C)C)nc2c(-c3cnc(CO)s3)cnn2c1N. The Kier molecular flexibility index (Phi) is 6.89. The van der Waals surface area contributed by atoms with Gasteiger partial charge in [-0.25, -0.2) is 15.0 Å². The van der Waals surface area contributed by atoms with Crippen molar-refractivity contribution in [1.29, 1.82) is 0 Å². The van der Waals surface area contributed by atoms with Crippen LogP contribution in [0.4, 0.5) is 5.82 Å². The summed E-state index contributed by atoms with van der Waals surface area (Å²) in [4.78, 5) is 41.0. The van der Waals surface area contributed by atoms with E-state index in [1.807, 2.05) is 20.8 Å². The smallest absolute Gasteiger partial charge is 0.291 e. The molecule has 0 saturated heterocycles. The van der Waals surface area contributed by atoms with Crippen molar-refractivity contribution < 1.29 is 14.7 Å². The van der Waals surface area contributed by atoms with Gasteiger partial charge < -0.3 is 15.7 Å². The van der Waals surface area contributed by atoms with E-state index in [-0.39, 0.29) is 42.0 Å². The highest BCUT2D eigenvalue weighted by Crippen LogP contribution is 2.31. The monoisotopic (exact) mass is 497 g/mol. The summed E-state index contributed by atoms with van der Waals surface area (Å²) in [6.45, 7) is 7.10. The first-order valence-corrected chi connectivity index (χ1v) is 12.0. The standard InChI is InChI=1S/C22H27N9O3S/c1-11(2)30(22(34)20-25-10-26-29-20)12(3)5-6-15-18(13(4)33)19(23)31-21(28-15)14(7-27-31)16-8-24-17(9-32)35-16/h7-8,10-12,32H,5-6,9,23H2,1-4H3,(H,25,26,29). The summed E-state index contributed by atoms with van der Waals surface area (Å²) in [5, 5.41) is 20.7. The fourth-order valence-electron chi connectivity index (χ4n) is 4.17. The number of nitrogens with zero attached hydrogens (tertiary/aromatic N) is 7. The molecular formula is C22H27N9O3S. The summed E-state index contributed by atoms with van der Waals surface area (Å²) < 4.78 is 1.45. The lowest BCUT2D eigenvalue weighted by Crippen LogP contribution is -2.44. The number of nitrogens with one attached hydrogen (secondary N) is 1. The summed E-state index contributed by atoms with van der Waals surface area (Å²) in [5.41, 5.74) is 8.44. The number of rotatable bonds is 9. The van der Waals surface area contributed by atoms with Gasteiger partial charge in [0.25, 0.3) is 5.91 Å². The second-order valence-corrected chi connectivity index (χ2v) is 9.59. The number of hydrogen-bond acceptors (Lipinski definition) is 10. The van der Waals surface area contributed by atoms with Crippen molar-refractivity contribution in [3.05, 3.63) is 40.8 Å². The van der Waals surface area contributed by atoms with Gasteiger partial charge in [0.2, 0.25) is 5.82 Å². The van der Waals surface area contributed by atoms with E-state index in [0.29, 0.717) is 40.3 Å². The van der Waals surface area contributed by atoms with Gasteiger partial charge >= 0.3 is 0 Å². The Balaban J connectivity index is 1.68. The third kappa shape index (κ3) is 4.64. The number of H-pyrrole nitrogens is 1. The van der Waals surface area contributed by atoms with Crippen LogP contribution in [0.25, 0.3) is 16.1 Å². The number of aliphatic hydroxyl groups excluding tert-OH is 1. The minimum atomic E-state index is -0.248. The molecule has 4 rings (SSSR count). The Morgan fingerprint density at radius 1 is 1.26 bits per heavy atom. The van der Waals surface area contributed by atoms with E-state index in [4.69, 9.17) is 10.7 Å². The summed E-state index contributed by atoms with van der Waals surface area (Å²) in [6.07, 6.45) is 5.54. The van der Waals surface area contributed by atoms with Gasteiger partial charge in [0.05, 0.1) is 34.5 Å². The Hall–Kier alpha value is -3.71. The Morgan fingerprint density at radius 2 is 2.03 bits per heavy atom. The molecule has 0 aromatic carbocycles. The van der Waals surface area contributed by atoms with Crippen LogP contribution in [-0.4, -0.2) is 68.5 Å². The van der Waals surface area contributed by atoms with Gasteiger partial charge in [-0.3, -0.25) is 14.7 Å². The van der Waals surface area contributed by atoms with Gasteiger partial charge in [0.1, 0.15) is 17.2 Å². The van der Waals surface area contributed by atoms with Crippen molar-refractivity contribution in [3.63, 3.8) is 0 Å². The molecule has 4 aromatic heterocycles. The van der Waals surface area contributed by atoms with Crippen LogP contribution in [0, 0.1) is 0 Å². The number of aromatic nitrogens is 7. The summed E-state index contributed by atoms with van der Waals surface area (Å²) in [5.74, 6) is -0.0747. The number of Topliss-reactive ketones (excluding diaryl/α,β-unsaturated/α-hetero) is 1. The molecular weight excluding hydrogens is 470 g/mol. The molecule has 0 spiro atoms. The van der Waals surface area contributed by atoms with Crippen molar-refractivity contribution in [1.82, 2.24) is 39.7 Å². The van der Waals surface area contributed by atoms with E-state index < -0.39 is 0 Å². The molecule has 0 aliphatic heterocycles. The molecule has 0 fully saturated rings. The zero-order valence-electron chi connectivity index (χ0n) is 19.9. The fraction of sp³-hybridized carbons (Fsp3) is 0.409. The Labute approximate surface area is 205 Å². The van der Waals surface area contributed by atoms with Gasteiger partial charge in [-0.15, -0.1) is 11.3 Å². The number of aliphatic hydroxyl groups is 1. The maximum atomic E-state index is 13.0. The molecule has 4 heterocycles. The van der Waals surface area contributed by atoms with Crippen LogP contribution in [0.3, 0.4) is 0 Å². The highest BCUT2D eigenvalue weighted by atomic mass is 32.1. The van der Waals surface area contributed by atoms with E-state index in [9.17, 15) is 14.7 Å². The number of amides is 1. The number of ketones is 1. The van der Waals surface area contributed by atoms with Gasteiger partial charge in [0, 0.05) is 18.3 Å². The third-order valence-corrected chi connectivity index (χ3v) is 6.76. The highest BCUT2D eigenvalue weighted by Gasteiger charge is 2.27. The van der Waals surface area contributed by atoms with Gasteiger partial charge in [0.15, 0.2) is 11.4 Å². The number of carbonyl (C=O) groups excluding carboxylic acids is 2. The molecule has 0 aliphatic rings. The van der Waals surface area contributed by atoms with Crippen LogP contribution in [-0.2, 0) is 13.0 Å². The van der Waals surface area contributed by atoms with Crippen LogP contribution in [0.15, 0.2) is 18.7 Å². The van der Waals surface area contributed by atoms with Gasteiger partial charge in [-0.1, -0.05) is 0 Å². The second-order valence-electron chi connectivity index (χ2n) is 8.47. The number of carbonyl (C=O) groups is 2. The van der Waals surface area contributed by atoms with Crippen molar-refractivity contribution in [2.45, 2.75) is 59.2 Å². The number of thiazole rings is 1. The molecule has 35 heavy (non-hydrogen) atoms. The second kappa shape index (κ2) is 9.88. The number of anilines is 1. The van der Waals surface area contributed by atoms with Crippen LogP contribution < -0.4 is 5.73 Å². The maximum Gasteiger partial charge on any atom is 0.291 e. The number of nitrogens with two attached hydrogens (primary N) is 1. The molecule has 12 nitrogen and oxygen atoms in total. The quantitative estimate of drug-likeness (QED) is 0.293. The summed E-state index contributed by atoms with van der Waals surface area (Å²) >= 11 is 1.33. The summed E-state index contributed by atoms with van der Waals surface area (Å²) in [6, 6.07) is -0.256. The molecule has 1 atom stereocenters. The number of aromatic amines is 1. The minimum Gasteiger partial charge on any atom is -0.389 e. The number of nitrogen functional groups attached to an aromatic ring is 1. The number of aryl methyl sites for hydroxylation is 1. The summed E-state index contributed by atoms with van der Waals surface area (Å²) in [7, 11) is 0. The van der Waals surface area contributed by atoms with Crippen LogP contribution in [0.1, 0.15) is 65.8 Å². The lowest BCUT2D eigenvalue weighted by molar-refractivity contribution is 0.0603. The van der Waals surface area contributed by atoms with Crippen molar-refractivity contribution >= 4 is 34.5 Å². The van der Waals surface area contributed by atoms with E-state index in [1.165, 1.54) is 29.1 Å². The first kappa shape index (κ1) is 24.4. The lowest BCUT2D eigenvalue weighted by atomic mass is 10.0. The van der Waals surface area contributed by atoms with Crippen LogP contribution >= 0.6 is 11.3 Å². The molecule has 1 amide bonds. The zero-order chi connectivity index (χ0) is 25.3. The van der Waals surface area contributed by atoms with Crippen molar-refractivity contribution in [3.8, 4) is 10.4 Å². The van der Waals surface area contributed by atoms with E-state index in [0.717, 1.165) is 4.88 Å². The Bertz CT molecular complexity index is 1360. The molecule has 4 aromatic rings. The largest absolute Gasteiger partial charge is 0.389 e. The normalized spacial score (nSPS) is 12.4. The molecule has 4 N–H and O–H groups in total. The van der Waals surface area contributed by atoms with E-state index in [2.05, 4.69) is 25.3 Å². The first-order valence-electron chi connectivity index (χ1n) is 11.1. The molecule has 0 bridgehead atoms. The van der Waals surface area contributed by atoms with Crippen LogP contribution in [0.5, 0.6) is 0 Å². The van der Waals surface area contributed by atoms with Crippen molar-refractivity contribution in [2.75, 3.05) is 5.73 Å². The molecule has 0 radical (unpaired) electrons. The first-order chi connectivity index (χ1) is 16.7. The van der Waals surface area contributed by atoms with E-state index in [1.54, 1.807) is 17.3 Å². The third-order valence-electron chi connectivity index (χ3n) is 5.75. The predicted octanol–water partition coefficient (Wildman–Crippen LogP) is 2.12. The van der Waals surface area contributed by atoms with E-state index >= 15 is 0 Å². The topological polar surface area (TPSA) is 168 Å². The number of fused-ring (bicyclic) bond motifs is 1. The van der Waals surface area contributed by atoms with Crippen molar-refractivity contribution in [2.24, 2.45) is 0 Å². The Morgan fingerprint density at radius 3 is 2.63 bits per heavy atom. The molecule has 0 saturated carbocycles. The molecule has 184 valence electrons. The fourth-order valence-corrected chi connectivity index (χ4v) is 4.95. The maximum absolute atomic E-state index is 13.0. The van der Waals surface area contributed by atoms with Gasteiger partial charge in [-0.2, -0.15) is 14.7 Å². The average molecular weight is 498 g/mol. The average Bonchev–Trinajstić information content (AvgIpc) is 3.57. The molecule has 13 heteroatoms. The molecule has 1 unspecified atom stereocenters. The number of hydrogen-bond donors (Lipinski definition) is 3. The minimum absolute atomic E-state index is 0.0798.